The SMILES string of the molecule is CCN(CC)c1ccc(NS(=O)(=O)c2cc(C(F)(F)F)ccc2Cl)cc1. The number of anilines is 2. The highest BCUT2D eigenvalue weighted by atomic mass is 35.5. The Morgan fingerprint density at radius 1 is 1.04 bits per heavy atom. The molecule has 9 heteroatoms. The molecule has 0 aliphatic rings. The van der Waals surface area contributed by atoms with Gasteiger partial charge in [-0.15, -0.1) is 0 Å². The van der Waals surface area contributed by atoms with E-state index >= 15 is 0 Å². The first-order valence-electron chi connectivity index (χ1n) is 7.83. The lowest BCUT2D eigenvalue weighted by molar-refractivity contribution is -0.137. The van der Waals surface area contributed by atoms with E-state index in [9.17, 15) is 21.6 Å². The minimum atomic E-state index is -4.67. The van der Waals surface area contributed by atoms with Gasteiger partial charge in [-0.2, -0.15) is 13.2 Å². The Bertz CT molecular complexity index is 865. The summed E-state index contributed by atoms with van der Waals surface area (Å²) in [6, 6.07) is 8.74. The van der Waals surface area contributed by atoms with Crippen LogP contribution in [0.1, 0.15) is 19.4 Å². The predicted octanol–water partition coefficient (Wildman–Crippen LogP) is 5.01. The molecule has 142 valence electrons. The van der Waals surface area contributed by atoms with Crippen molar-refractivity contribution in [1.82, 2.24) is 0 Å². The van der Waals surface area contributed by atoms with Crippen LogP contribution in [-0.4, -0.2) is 21.5 Å². The Balaban J connectivity index is 2.32. The van der Waals surface area contributed by atoms with Crippen LogP contribution >= 0.6 is 11.6 Å². The van der Waals surface area contributed by atoms with E-state index in [4.69, 9.17) is 11.6 Å². The van der Waals surface area contributed by atoms with Gasteiger partial charge >= 0.3 is 6.18 Å². The third-order valence-electron chi connectivity index (χ3n) is 3.80. The van der Waals surface area contributed by atoms with Crippen LogP contribution in [0.15, 0.2) is 47.4 Å². The minimum Gasteiger partial charge on any atom is -0.372 e. The zero-order valence-corrected chi connectivity index (χ0v) is 15.7. The quantitative estimate of drug-likeness (QED) is 0.733. The van der Waals surface area contributed by atoms with Crippen LogP contribution in [0, 0.1) is 0 Å². The molecule has 0 amide bonds. The Morgan fingerprint density at radius 3 is 2.12 bits per heavy atom. The topological polar surface area (TPSA) is 49.4 Å². The summed E-state index contributed by atoms with van der Waals surface area (Å²) >= 11 is 5.81. The molecular formula is C17H18ClF3N2O2S. The van der Waals surface area contributed by atoms with Gasteiger partial charge in [-0.1, -0.05) is 11.6 Å². The van der Waals surface area contributed by atoms with Crippen molar-refractivity contribution in [2.45, 2.75) is 24.9 Å². The molecule has 0 unspecified atom stereocenters. The van der Waals surface area contributed by atoms with Gasteiger partial charge in [0.15, 0.2) is 0 Å². The first-order chi connectivity index (χ1) is 12.1. The fourth-order valence-corrected chi connectivity index (χ4v) is 4.01. The van der Waals surface area contributed by atoms with Gasteiger partial charge in [0, 0.05) is 24.5 Å². The highest BCUT2D eigenvalue weighted by molar-refractivity contribution is 7.92. The molecule has 2 rings (SSSR count). The lowest BCUT2D eigenvalue weighted by Crippen LogP contribution is -2.21. The summed E-state index contributed by atoms with van der Waals surface area (Å²) in [6.45, 7) is 5.58. The fraction of sp³-hybridized carbons (Fsp3) is 0.294. The van der Waals surface area contributed by atoms with Crippen molar-refractivity contribution >= 4 is 33.0 Å². The Hall–Kier alpha value is -1.93. The second-order valence-corrected chi connectivity index (χ2v) is 7.53. The molecule has 26 heavy (non-hydrogen) atoms. The zero-order chi connectivity index (χ0) is 19.5. The Labute approximate surface area is 155 Å². The van der Waals surface area contributed by atoms with Crippen molar-refractivity contribution in [3.63, 3.8) is 0 Å². The molecule has 4 nitrogen and oxygen atoms in total. The van der Waals surface area contributed by atoms with Crippen molar-refractivity contribution in [1.29, 1.82) is 0 Å². The minimum absolute atomic E-state index is 0.231. The monoisotopic (exact) mass is 406 g/mol. The second kappa shape index (κ2) is 7.75. The molecule has 2 aromatic carbocycles. The van der Waals surface area contributed by atoms with Crippen LogP contribution in [0.2, 0.25) is 5.02 Å². The molecule has 0 aliphatic heterocycles. The third-order valence-corrected chi connectivity index (χ3v) is 5.66. The summed E-state index contributed by atoms with van der Waals surface area (Å²) in [6.07, 6.45) is -4.67. The lowest BCUT2D eigenvalue weighted by atomic mass is 10.2. The van der Waals surface area contributed by atoms with Crippen molar-refractivity contribution in [3.8, 4) is 0 Å². The van der Waals surface area contributed by atoms with Crippen LogP contribution in [0.25, 0.3) is 0 Å². The molecule has 0 saturated heterocycles. The largest absolute Gasteiger partial charge is 0.416 e. The highest BCUT2D eigenvalue weighted by Gasteiger charge is 2.32. The summed E-state index contributed by atoms with van der Waals surface area (Å²) in [7, 11) is -4.27. The molecule has 0 aliphatic carbocycles. The van der Waals surface area contributed by atoms with Gasteiger partial charge in [0.25, 0.3) is 10.0 Å². The highest BCUT2D eigenvalue weighted by Crippen LogP contribution is 2.34. The van der Waals surface area contributed by atoms with Crippen LogP contribution in [0.5, 0.6) is 0 Å². The zero-order valence-electron chi connectivity index (χ0n) is 14.1. The van der Waals surface area contributed by atoms with Crippen molar-refractivity contribution in [3.05, 3.63) is 53.1 Å². The van der Waals surface area contributed by atoms with Crippen LogP contribution in [-0.2, 0) is 16.2 Å². The predicted molar refractivity (Wildman–Crippen MR) is 97.3 cm³/mol. The van der Waals surface area contributed by atoms with Crippen LogP contribution in [0.3, 0.4) is 0 Å². The van der Waals surface area contributed by atoms with Gasteiger partial charge in [-0.3, -0.25) is 4.72 Å². The fourth-order valence-electron chi connectivity index (χ4n) is 2.42. The number of nitrogens with zero attached hydrogens (tertiary/aromatic N) is 1. The van der Waals surface area contributed by atoms with Crippen molar-refractivity contribution in [2.75, 3.05) is 22.7 Å². The van der Waals surface area contributed by atoms with Gasteiger partial charge in [-0.25, -0.2) is 8.42 Å². The van der Waals surface area contributed by atoms with Crippen molar-refractivity contribution < 1.29 is 21.6 Å². The standard InChI is InChI=1S/C17H18ClF3N2O2S/c1-3-23(4-2)14-8-6-13(7-9-14)22-26(24,25)16-11-12(17(19,20)21)5-10-15(16)18/h5-11,22H,3-4H2,1-2H3. The first kappa shape index (κ1) is 20.4. The number of rotatable bonds is 6. The number of alkyl halides is 3. The molecule has 0 saturated carbocycles. The van der Waals surface area contributed by atoms with Crippen LogP contribution in [0.4, 0.5) is 24.5 Å². The second-order valence-electron chi connectivity index (χ2n) is 5.47. The Kier molecular flexibility index (Phi) is 6.08. The molecule has 0 radical (unpaired) electrons. The molecule has 0 fully saturated rings. The smallest absolute Gasteiger partial charge is 0.372 e. The average molecular weight is 407 g/mol. The summed E-state index contributed by atoms with van der Waals surface area (Å²) in [5, 5.41) is -0.287. The van der Waals surface area contributed by atoms with Gasteiger partial charge in [0.2, 0.25) is 0 Å². The van der Waals surface area contributed by atoms with E-state index in [0.29, 0.717) is 6.07 Å². The number of halogens is 4. The third kappa shape index (κ3) is 4.62. The maximum atomic E-state index is 12.8. The normalized spacial score (nSPS) is 12.1. The maximum absolute atomic E-state index is 12.8. The van der Waals surface area contributed by atoms with E-state index in [1.54, 1.807) is 24.3 Å². The van der Waals surface area contributed by atoms with Gasteiger partial charge < -0.3 is 4.90 Å². The van der Waals surface area contributed by atoms with E-state index in [1.807, 2.05) is 13.8 Å². The molecule has 0 spiro atoms. The molecule has 0 heterocycles. The summed E-state index contributed by atoms with van der Waals surface area (Å²) < 4.78 is 65.7. The average Bonchev–Trinajstić information content (AvgIpc) is 2.56. The molecule has 0 aromatic heterocycles. The van der Waals surface area contributed by atoms with Gasteiger partial charge in [0.05, 0.1) is 10.6 Å². The van der Waals surface area contributed by atoms with E-state index < -0.39 is 26.7 Å². The van der Waals surface area contributed by atoms with Gasteiger partial charge in [0.1, 0.15) is 4.90 Å². The summed E-state index contributed by atoms with van der Waals surface area (Å²) in [4.78, 5) is 1.45. The van der Waals surface area contributed by atoms with E-state index in [0.717, 1.165) is 30.9 Å². The Morgan fingerprint density at radius 2 is 1.62 bits per heavy atom. The van der Waals surface area contributed by atoms with Gasteiger partial charge in [-0.05, 0) is 56.3 Å². The molecule has 0 atom stereocenters. The molecule has 2 aromatic rings. The summed E-state index contributed by atoms with van der Waals surface area (Å²) in [5.41, 5.74) is 0.0589. The lowest BCUT2D eigenvalue weighted by Gasteiger charge is -2.21. The number of hydrogen-bond donors (Lipinski definition) is 1. The summed E-state index contributed by atoms with van der Waals surface area (Å²) in [5.74, 6) is 0. The van der Waals surface area contributed by atoms with Crippen LogP contribution < -0.4 is 9.62 Å². The van der Waals surface area contributed by atoms with Crippen molar-refractivity contribution in [2.24, 2.45) is 0 Å². The number of benzene rings is 2. The van der Waals surface area contributed by atoms with E-state index in [2.05, 4.69) is 9.62 Å². The van der Waals surface area contributed by atoms with E-state index in [-0.39, 0.29) is 10.7 Å². The number of nitrogens with one attached hydrogen (secondary N) is 1. The number of hydrogen-bond acceptors (Lipinski definition) is 3. The first-order valence-corrected chi connectivity index (χ1v) is 9.69. The maximum Gasteiger partial charge on any atom is 0.416 e. The van der Waals surface area contributed by atoms with E-state index in [1.165, 1.54) is 0 Å². The molecular weight excluding hydrogens is 389 g/mol. The number of sulfonamides is 1. The molecule has 1 N–H and O–H groups in total. The molecule has 0 bridgehead atoms.